The molecule has 0 aliphatic rings. The fraction of sp³-hybridized carbons (Fsp3) is 0.391. The fourth-order valence-electron chi connectivity index (χ4n) is 2.69. The van der Waals surface area contributed by atoms with Gasteiger partial charge in [-0.3, -0.25) is 20.4 Å². The largest absolute Gasteiger partial charge is 0.382 e. The smallest absolute Gasteiger partial charge is 0.269 e. The molecule has 0 spiro atoms. The van der Waals surface area contributed by atoms with E-state index >= 15 is 0 Å². The Morgan fingerprint density at radius 1 is 1.00 bits per heavy atom. The molecule has 2 rings (SSSR count). The van der Waals surface area contributed by atoms with Crippen LogP contribution in [0.1, 0.15) is 36.2 Å². The van der Waals surface area contributed by atoms with Crippen molar-refractivity contribution in [2.75, 3.05) is 11.5 Å². The quantitative estimate of drug-likeness (QED) is 0.303. The summed E-state index contributed by atoms with van der Waals surface area (Å²) < 4.78 is 0. The van der Waals surface area contributed by atoms with E-state index in [0.717, 1.165) is 22.8 Å². The predicted octanol–water partition coefficient (Wildman–Crippen LogP) is 3.00. The maximum atomic E-state index is 12.3. The molecular weight excluding hydrogens is 430 g/mol. The molecule has 0 aliphatic heterocycles. The van der Waals surface area contributed by atoms with Gasteiger partial charge in [-0.2, -0.15) is 11.8 Å². The molecule has 0 aromatic heterocycles. The normalized spacial score (nSPS) is 12.9. The average Bonchev–Trinajstić information content (AvgIpc) is 2.77. The van der Waals surface area contributed by atoms with Crippen molar-refractivity contribution in [2.24, 2.45) is 5.73 Å². The number of aliphatic hydroxyl groups is 1. The molecule has 0 bridgehead atoms. The number of amides is 2. The Bertz CT molecular complexity index is 817. The molecular formula is C23H31N3O3S2. The third-order valence-corrected chi connectivity index (χ3v) is 6.65. The van der Waals surface area contributed by atoms with Crippen molar-refractivity contribution in [1.82, 2.24) is 10.9 Å². The Balaban J connectivity index is 1.73. The van der Waals surface area contributed by atoms with E-state index < -0.39 is 24.0 Å². The van der Waals surface area contributed by atoms with Crippen LogP contribution < -0.4 is 16.6 Å². The van der Waals surface area contributed by atoms with E-state index in [1.165, 1.54) is 5.56 Å². The SMILES string of the molecule is CC(C)SCC[C@@H](N)C(O)C(=O)NNC(=O)c1ccc(SCCc2ccccc2)cc1. The lowest BCUT2D eigenvalue weighted by Crippen LogP contribution is -2.52. The molecule has 2 aromatic rings. The highest BCUT2D eigenvalue weighted by Gasteiger charge is 2.23. The Hall–Kier alpha value is -2.00. The van der Waals surface area contributed by atoms with Gasteiger partial charge in [0.05, 0.1) is 0 Å². The third kappa shape index (κ3) is 9.35. The van der Waals surface area contributed by atoms with Gasteiger partial charge < -0.3 is 10.8 Å². The van der Waals surface area contributed by atoms with E-state index in [2.05, 4.69) is 36.8 Å². The number of nitrogens with one attached hydrogen (secondary N) is 2. The van der Waals surface area contributed by atoms with Crippen molar-refractivity contribution in [2.45, 2.75) is 49.0 Å². The van der Waals surface area contributed by atoms with Crippen molar-refractivity contribution in [3.8, 4) is 0 Å². The van der Waals surface area contributed by atoms with Crippen molar-refractivity contribution < 1.29 is 14.7 Å². The van der Waals surface area contributed by atoms with Crippen LogP contribution in [0.3, 0.4) is 0 Å². The van der Waals surface area contributed by atoms with Crippen LogP contribution in [0.4, 0.5) is 0 Å². The van der Waals surface area contributed by atoms with Gasteiger partial charge in [0.25, 0.3) is 11.8 Å². The molecule has 168 valence electrons. The van der Waals surface area contributed by atoms with Crippen LogP contribution in [0.15, 0.2) is 59.5 Å². The number of hydrazine groups is 1. The van der Waals surface area contributed by atoms with Crippen LogP contribution in [0.25, 0.3) is 0 Å². The first-order chi connectivity index (χ1) is 14.9. The van der Waals surface area contributed by atoms with Gasteiger partial charge in [-0.05, 0) is 53.7 Å². The number of nitrogens with two attached hydrogens (primary N) is 1. The van der Waals surface area contributed by atoms with Gasteiger partial charge in [0, 0.05) is 22.3 Å². The Morgan fingerprint density at radius 2 is 1.68 bits per heavy atom. The number of thioether (sulfide) groups is 2. The number of aryl methyl sites for hydroxylation is 1. The molecule has 8 heteroatoms. The summed E-state index contributed by atoms with van der Waals surface area (Å²) in [4.78, 5) is 25.4. The first-order valence-corrected chi connectivity index (χ1v) is 12.3. The topological polar surface area (TPSA) is 104 Å². The minimum absolute atomic E-state index is 0.417. The second-order valence-corrected chi connectivity index (χ2v) is 10.2. The molecule has 2 amide bonds. The molecule has 2 atom stereocenters. The molecule has 0 aliphatic carbocycles. The Kier molecular flexibility index (Phi) is 10.9. The zero-order chi connectivity index (χ0) is 22.6. The number of benzene rings is 2. The standard InChI is InChI=1S/C23H31N3O3S2/c1-16(2)30-15-13-20(24)21(27)23(29)26-25-22(28)18-8-10-19(11-9-18)31-14-12-17-6-4-3-5-7-17/h3-11,16,20-21,27H,12-15,24H2,1-2H3,(H,25,28)(H,26,29)/t20-,21?/m1/s1. The summed E-state index contributed by atoms with van der Waals surface area (Å²) >= 11 is 3.43. The minimum atomic E-state index is -1.38. The summed E-state index contributed by atoms with van der Waals surface area (Å²) in [7, 11) is 0. The minimum Gasteiger partial charge on any atom is -0.382 e. The van der Waals surface area contributed by atoms with Gasteiger partial charge in [-0.15, -0.1) is 11.8 Å². The highest BCUT2D eigenvalue weighted by Crippen LogP contribution is 2.20. The molecule has 0 heterocycles. The van der Waals surface area contributed by atoms with E-state index in [4.69, 9.17) is 5.73 Å². The molecule has 0 fully saturated rings. The summed E-state index contributed by atoms with van der Waals surface area (Å²) in [5.74, 6) is 0.527. The van der Waals surface area contributed by atoms with Crippen molar-refractivity contribution >= 4 is 35.3 Å². The number of aliphatic hydroxyl groups excluding tert-OH is 1. The molecule has 0 saturated carbocycles. The number of carbonyl (C=O) groups excluding carboxylic acids is 2. The number of rotatable bonds is 11. The van der Waals surface area contributed by atoms with Crippen LogP contribution in [-0.2, 0) is 11.2 Å². The maximum absolute atomic E-state index is 12.3. The number of hydrogen-bond acceptors (Lipinski definition) is 6. The second-order valence-electron chi connectivity index (χ2n) is 7.37. The van der Waals surface area contributed by atoms with Crippen LogP contribution in [-0.4, -0.2) is 45.8 Å². The van der Waals surface area contributed by atoms with Gasteiger partial charge in [0.1, 0.15) is 6.10 Å². The molecule has 2 aromatic carbocycles. The molecule has 1 unspecified atom stereocenters. The molecule has 0 saturated heterocycles. The lowest BCUT2D eigenvalue weighted by atomic mass is 10.1. The summed E-state index contributed by atoms with van der Waals surface area (Å²) in [5, 5.41) is 10.5. The van der Waals surface area contributed by atoms with Gasteiger partial charge in [0.2, 0.25) is 0 Å². The predicted molar refractivity (Wildman–Crippen MR) is 129 cm³/mol. The second kappa shape index (κ2) is 13.4. The monoisotopic (exact) mass is 461 g/mol. The van der Waals surface area contributed by atoms with E-state index in [0.29, 0.717) is 17.2 Å². The van der Waals surface area contributed by atoms with Gasteiger partial charge in [-0.1, -0.05) is 44.2 Å². The van der Waals surface area contributed by atoms with Gasteiger partial charge in [-0.25, -0.2) is 0 Å². The van der Waals surface area contributed by atoms with E-state index in [9.17, 15) is 14.7 Å². The molecule has 6 nitrogen and oxygen atoms in total. The van der Waals surface area contributed by atoms with Crippen LogP contribution in [0, 0.1) is 0 Å². The fourth-order valence-corrected chi connectivity index (χ4v) is 4.47. The van der Waals surface area contributed by atoms with E-state index in [-0.39, 0.29) is 0 Å². The molecule has 5 N–H and O–H groups in total. The Labute approximate surface area is 192 Å². The zero-order valence-electron chi connectivity index (χ0n) is 17.9. The molecule has 31 heavy (non-hydrogen) atoms. The number of carbonyl (C=O) groups is 2. The lowest BCUT2D eigenvalue weighted by molar-refractivity contribution is -0.131. The van der Waals surface area contributed by atoms with Crippen molar-refractivity contribution in [1.29, 1.82) is 0 Å². The van der Waals surface area contributed by atoms with Crippen LogP contribution >= 0.6 is 23.5 Å². The van der Waals surface area contributed by atoms with Gasteiger partial charge >= 0.3 is 0 Å². The highest BCUT2D eigenvalue weighted by atomic mass is 32.2. The van der Waals surface area contributed by atoms with E-state index in [1.54, 1.807) is 35.7 Å². The maximum Gasteiger partial charge on any atom is 0.269 e. The van der Waals surface area contributed by atoms with Crippen molar-refractivity contribution in [3.63, 3.8) is 0 Å². The first-order valence-electron chi connectivity index (χ1n) is 10.3. The first kappa shape index (κ1) is 25.3. The van der Waals surface area contributed by atoms with Crippen LogP contribution in [0.2, 0.25) is 0 Å². The van der Waals surface area contributed by atoms with Crippen molar-refractivity contribution in [3.05, 3.63) is 65.7 Å². The summed E-state index contributed by atoms with van der Waals surface area (Å²) in [6.07, 6.45) is 0.103. The van der Waals surface area contributed by atoms with E-state index in [1.807, 2.05) is 30.3 Å². The average molecular weight is 462 g/mol. The molecule has 0 radical (unpaired) electrons. The van der Waals surface area contributed by atoms with Crippen LogP contribution in [0.5, 0.6) is 0 Å². The zero-order valence-corrected chi connectivity index (χ0v) is 19.5. The van der Waals surface area contributed by atoms with Gasteiger partial charge in [0.15, 0.2) is 0 Å². The third-order valence-electron chi connectivity index (χ3n) is 4.49. The lowest BCUT2D eigenvalue weighted by Gasteiger charge is -2.18. The Morgan fingerprint density at radius 3 is 2.32 bits per heavy atom. The summed E-state index contributed by atoms with van der Waals surface area (Å²) in [6, 6.07) is 16.8. The number of hydrogen-bond donors (Lipinski definition) is 4. The summed E-state index contributed by atoms with van der Waals surface area (Å²) in [5.41, 5.74) is 12.2. The summed E-state index contributed by atoms with van der Waals surface area (Å²) in [6.45, 7) is 4.15. The highest BCUT2D eigenvalue weighted by molar-refractivity contribution is 7.99.